The molecule has 0 radical (unpaired) electrons. The summed E-state index contributed by atoms with van der Waals surface area (Å²) in [6, 6.07) is 0. The highest BCUT2D eigenvalue weighted by atomic mass is 28.4. The van der Waals surface area contributed by atoms with Gasteiger partial charge in [0, 0.05) is 23.9 Å². The zero-order valence-corrected chi connectivity index (χ0v) is 29.3. The van der Waals surface area contributed by atoms with Gasteiger partial charge in [0.1, 0.15) is 11.4 Å². The van der Waals surface area contributed by atoms with Crippen molar-refractivity contribution in [2.24, 2.45) is 34.5 Å². The lowest BCUT2D eigenvalue weighted by molar-refractivity contribution is -0.176. The molecule has 4 aliphatic carbocycles. The van der Waals surface area contributed by atoms with Gasteiger partial charge >= 0.3 is 0 Å². The first-order chi connectivity index (χ1) is 17.2. The molecule has 5 nitrogen and oxygen atoms in total. The monoisotopic (exact) mass is 580 g/mol. The van der Waals surface area contributed by atoms with E-state index in [0.717, 1.165) is 38.5 Å². The summed E-state index contributed by atoms with van der Waals surface area (Å²) in [6.07, 6.45) is 8.08. The van der Waals surface area contributed by atoms with Gasteiger partial charge in [-0.25, -0.2) is 0 Å². The van der Waals surface area contributed by atoms with E-state index < -0.39 is 36.0 Å². The summed E-state index contributed by atoms with van der Waals surface area (Å²) in [6.45, 7) is 24.6. The maximum atomic E-state index is 14.3. The van der Waals surface area contributed by atoms with Gasteiger partial charge in [-0.3, -0.25) is 9.59 Å². The van der Waals surface area contributed by atoms with E-state index in [4.69, 9.17) is 13.3 Å². The maximum Gasteiger partial charge on any atom is 0.188 e. The number of carbonyl (C=O) groups excluding carboxylic acids is 2. The minimum absolute atomic E-state index is 0.0521. The Labute approximate surface area is 235 Å². The zero-order valence-electron chi connectivity index (χ0n) is 26.3. The highest BCUT2D eigenvalue weighted by Crippen LogP contribution is 2.68. The molecule has 38 heavy (non-hydrogen) atoms. The van der Waals surface area contributed by atoms with Crippen molar-refractivity contribution in [1.82, 2.24) is 0 Å². The van der Waals surface area contributed by atoms with Crippen LogP contribution in [0, 0.1) is 34.5 Å². The van der Waals surface area contributed by atoms with Gasteiger partial charge in [0.15, 0.2) is 30.7 Å². The van der Waals surface area contributed by atoms with Crippen molar-refractivity contribution in [3.05, 3.63) is 0 Å². The Morgan fingerprint density at radius 2 is 1.53 bits per heavy atom. The molecule has 4 aliphatic rings. The number of fused-ring (bicyclic) bond motifs is 5. The maximum absolute atomic E-state index is 14.3. The SMILES string of the molecule is CC12CCC(O[Si](C)(C)C)CC1CCC1C2C(=O)CC2(C)C1CC[C@]2(O[Si](C)(C)C)C(=O)CO[Si](C)(C)C. The van der Waals surface area contributed by atoms with Crippen LogP contribution in [0.3, 0.4) is 0 Å². The molecule has 0 aromatic rings. The Bertz CT molecular complexity index is 934. The van der Waals surface area contributed by atoms with E-state index in [9.17, 15) is 9.59 Å². The molecule has 4 fully saturated rings. The first-order valence-electron chi connectivity index (χ1n) is 15.3. The number of rotatable bonds is 8. The molecule has 8 atom stereocenters. The third kappa shape index (κ3) is 5.65. The van der Waals surface area contributed by atoms with Crippen LogP contribution >= 0.6 is 0 Å². The molecule has 0 N–H and O–H groups in total. The fourth-order valence-electron chi connectivity index (χ4n) is 9.23. The molecule has 0 bridgehead atoms. The molecule has 8 heteroatoms. The van der Waals surface area contributed by atoms with Crippen molar-refractivity contribution in [2.45, 2.75) is 136 Å². The minimum atomic E-state index is -2.08. The lowest BCUT2D eigenvalue weighted by Gasteiger charge is -2.61. The third-order valence-corrected chi connectivity index (χ3v) is 13.5. The van der Waals surface area contributed by atoms with Crippen molar-refractivity contribution in [1.29, 1.82) is 0 Å². The van der Waals surface area contributed by atoms with Crippen LogP contribution in [0.15, 0.2) is 0 Å². The van der Waals surface area contributed by atoms with Crippen LogP contribution in [0.25, 0.3) is 0 Å². The summed E-state index contributed by atoms with van der Waals surface area (Å²) in [4.78, 5) is 28.5. The molecule has 0 saturated heterocycles. The number of hydrogen-bond donors (Lipinski definition) is 0. The van der Waals surface area contributed by atoms with Gasteiger partial charge in [-0.2, -0.15) is 0 Å². The summed E-state index contributed by atoms with van der Waals surface area (Å²) < 4.78 is 19.7. The fraction of sp³-hybridized carbons (Fsp3) is 0.933. The summed E-state index contributed by atoms with van der Waals surface area (Å²) >= 11 is 0. The van der Waals surface area contributed by atoms with Gasteiger partial charge in [-0.05, 0) is 127 Å². The van der Waals surface area contributed by atoms with Gasteiger partial charge in [0.05, 0.1) is 6.61 Å². The summed E-state index contributed by atoms with van der Waals surface area (Å²) in [5, 5.41) is 0. The molecular formula is C30H56O5Si3. The van der Waals surface area contributed by atoms with E-state index in [1.807, 2.05) is 0 Å². The average molecular weight is 581 g/mol. The predicted molar refractivity (Wildman–Crippen MR) is 162 cm³/mol. The topological polar surface area (TPSA) is 61.8 Å². The van der Waals surface area contributed by atoms with Crippen molar-refractivity contribution in [2.75, 3.05) is 6.61 Å². The third-order valence-electron chi connectivity index (χ3n) is 10.5. The lowest BCUT2D eigenvalue weighted by atomic mass is 9.44. The smallest absolute Gasteiger partial charge is 0.188 e. The van der Waals surface area contributed by atoms with Crippen LogP contribution in [-0.4, -0.2) is 54.8 Å². The molecule has 0 aromatic carbocycles. The first kappa shape index (κ1) is 30.8. The molecule has 7 unspecified atom stereocenters. The van der Waals surface area contributed by atoms with Crippen LogP contribution in [0.5, 0.6) is 0 Å². The first-order valence-corrected chi connectivity index (χ1v) is 25.5. The Morgan fingerprint density at radius 3 is 2.11 bits per heavy atom. The average Bonchev–Trinajstić information content (AvgIpc) is 3.01. The number of carbonyl (C=O) groups is 2. The Balaban J connectivity index is 1.63. The molecule has 218 valence electrons. The minimum Gasteiger partial charge on any atom is -0.415 e. The molecule has 4 saturated carbocycles. The van der Waals surface area contributed by atoms with Crippen molar-refractivity contribution in [3.63, 3.8) is 0 Å². The Kier molecular flexibility index (Phi) is 8.11. The van der Waals surface area contributed by atoms with Gasteiger partial charge in [-0.15, -0.1) is 0 Å². The normalized spacial score (nSPS) is 41.9. The van der Waals surface area contributed by atoms with Crippen molar-refractivity contribution >= 4 is 36.5 Å². The fourth-order valence-corrected chi connectivity index (χ4v) is 12.5. The van der Waals surface area contributed by atoms with Crippen LogP contribution in [0.4, 0.5) is 0 Å². The number of hydrogen-bond acceptors (Lipinski definition) is 5. The Morgan fingerprint density at radius 1 is 0.868 bits per heavy atom. The lowest BCUT2D eigenvalue weighted by Crippen LogP contribution is -2.64. The van der Waals surface area contributed by atoms with Gasteiger partial charge in [0.25, 0.3) is 0 Å². The van der Waals surface area contributed by atoms with E-state index in [1.54, 1.807) is 0 Å². The molecule has 0 heterocycles. The van der Waals surface area contributed by atoms with E-state index >= 15 is 0 Å². The zero-order chi connectivity index (χ0) is 28.5. The second-order valence-corrected chi connectivity index (χ2v) is 30.0. The summed E-state index contributed by atoms with van der Waals surface area (Å²) in [7, 11) is -5.52. The predicted octanol–water partition coefficient (Wildman–Crippen LogP) is 7.44. The molecule has 0 spiro atoms. The highest BCUT2D eigenvalue weighted by molar-refractivity contribution is 6.70. The van der Waals surface area contributed by atoms with Crippen LogP contribution in [0.1, 0.15) is 65.2 Å². The van der Waals surface area contributed by atoms with Crippen molar-refractivity contribution < 1.29 is 22.9 Å². The molecule has 0 aliphatic heterocycles. The van der Waals surface area contributed by atoms with Crippen LogP contribution < -0.4 is 0 Å². The van der Waals surface area contributed by atoms with Crippen LogP contribution in [-0.2, 0) is 22.9 Å². The quantitative estimate of drug-likeness (QED) is 0.279. The van der Waals surface area contributed by atoms with Gasteiger partial charge in [-0.1, -0.05) is 13.8 Å². The highest BCUT2D eigenvalue weighted by Gasteiger charge is 2.70. The Hall–Kier alpha value is -0.129. The molecule has 0 aromatic heterocycles. The largest absolute Gasteiger partial charge is 0.415 e. The molecular weight excluding hydrogens is 525 g/mol. The van der Waals surface area contributed by atoms with E-state index in [1.165, 1.54) is 6.42 Å². The molecule has 0 amide bonds. The summed E-state index contributed by atoms with van der Waals surface area (Å²) in [5.74, 6) is 1.87. The van der Waals surface area contributed by atoms with Crippen LogP contribution in [0.2, 0.25) is 58.9 Å². The van der Waals surface area contributed by atoms with Gasteiger partial charge < -0.3 is 13.3 Å². The van der Waals surface area contributed by atoms with Crippen molar-refractivity contribution in [3.8, 4) is 0 Å². The second-order valence-electron chi connectivity index (χ2n) is 16.6. The second kappa shape index (κ2) is 10.0. The summed E-state index contributed by atoms with van der Waals surface area (Å²) in [5.41, 5.74) is -1.30. The molecule has 4 rings (SSSR count). The van der Waals surface area contributed by atoms with E-state index in [0.29, 0.717) is 36.1 Å². The van der Waals surface area contributed by atoms with Gasteiger partial charge in [0.2, 0.25) is 0 Å². The number of ketones is 2. The standard InChI is InChI=1S/C30H56O5Si3/c1-28-16-14-22(34-37(6,7)8)18-21(28)12-13-23-24-15-17-30(35-38(9,10)11,26(32)20-33-36(3,4)5)29(24,2)19-25(31)27(23)28/h21-24,27H,12-20H2,1-11H3/t21?,22?,23?,24?,27?,28?,29?,30-/m0/s1. The van der Waals surface area contributed by atoms with E-state index in [-0.39, 0.29) is 23.7 Å². The van der Waals surface area contributed by atoms with E-state index in [2.05, 4.69) is 72.8 Å². The number of Topliss-reactive ketones (excluding diaryl/α,β-unsaturated/α-hetero) is 2.